The molecule has 0 fully saturated rings. The Morgan fingerprint density at radius 2 is 1.55 bits per heavy atom. The lowest BCUT2D eigenvalue weighted by atomic mass is 9.89. The second kappa shape index (κ2) is 6.07. The Kier molecular flexibility index (Phi) is 4.42. The van der Waals surface area contributed by atoms with Crippen molar-refractivity contribution in [1.29, 1.82) is 0 Å². The third-order valence-corrected chi connectivity index (χ3v) is 3.21. The van der Waals surface area contributed by atoms with Crippen LogP contribution in [0.25, 0.3) is 0 Å². The second-order valence-corrected chi connectivity index (χ2v) is 4.50. The van der Waals surface area contributed by atoms with Gasteiger partial charge >= 0.3 is 0 Å². The fraction of sp³-hybridized carbons (Fsp3) is 0.200. The Morgan fingerprint density at radius 1 is 0.950 bits per heavy atom. The zero-order valence-corrected chi connectivity index (χ0v) is 10.6. The average Bonchev–Trinajstić information content (AvgIpc) is 2.44. The van der Waals surface area contributed by atoms with Crippen LogP contribution in [0.15, 0.2) is 42.5 Å². The molecule has 20 heavy (non-hydrogen) atoms. The zero-order chi connectivity index (χ0) is 14.7. The molecule has 2 unspecified atom stereocenters. The van der Waals surface area contributed by atoms with E-state index in [9.17, 15) is 18.3 Å². The van der Waals surface area contributed by atoms with Crippen molar-refractivity contribution in [1.82, 2.24) is 0 Å². The molecule has 5 heteroatoms. The molecule has 3 N–H and O–H groups in total. The highest BCUT2D eigenvalue weighted by Crippen LogP contribution is 2.32. The molecule has 0 aromatic heterocycles. The van der Waals surface area contributed by atoms with Gasteiger partial charge < -0.3 is 10.8 Å². The van der Waals surface area contributed by atoms with Crippen LogP contribution in [0.3, 0.4) is 0 Å². The standard InChI is InChI=1S/C15H14F3NO/c16-10-3-1-9(2-4-10)13(8-19)15(20)12-7-11(17)5-6-14(12)18/h1-7,13,15,20H,8,19H2. The highest BCUT2D eigenvalue weighted by molar-refractivity contribution is 5.28. The van der Waals surface area contributed by atoms with Crippen LogP contribution in [-0.2, 0) is 0 Å². The van der Waals surface area contributed by atoms with Gasteiger partial charge in [0.05, 0.1) is 6.10 Å². The van der Waals surface area contributed by atoms with Crippen LogP contribution in [0.1, 0.15) is 23.1 Å². The molecule has 0 radical (unpaired) electrons. The lowest BCUT2D eigenvalue weighted by molar-refractivity contribution is 0.142. The number of hydrogen-bond donors (Lipinski definition) is 2. The average molecular weight is 281 g/mol. The fourth-order valence-corrected chi connectivity index (χ4v) is 2.12. The number of benzene rings is 2. The van der Waals surface area contributed by atoms with Crippen LogP contribution in [0, 0.1) is 17.5 Å². The molecule has 2 atom stereocenters. The Labute approximate surface area is 114 Å². The molecule has 2 nitrogen and oxygen atoms in total. The minimum atomic E-state index is -1.30. The minimum absolute atomic E-state index is 0.0166. The van der Waals surface area contributed by atoms with Gasteiger partial charge in [-0.2, -0.15) is 0 Å². The van der Waals surface area contributed by atoms with Crippen molar-refractivity contribution in [3.05, 3.63) is 71.0 Å². The highest BCUT2D eigenvalue weighted by Gasteiger charge is 2.24. The Bertz CT molecular complexity index is 586. The third kappa shape index (κ3) is 3.00. The summed E-state index contributed by atoms with van der Waals surface area (Å²) in [5.41, 5.74) is 6.00. The van der Waals surface area contributed by atoms with Crippen LogP contribution in [0.4, 0.5) is 13.2 Å². The maximum atomic E-state index is 13.7. The first kappa shape index (κ1) is 14.6. The van der Waals surface area contributed by atoms with E-state index in [1.165, 1.54) is 24.3 Å². The molecular weight excluding hydrogens is 267 g/mol. The SMILES string of the molecule is NCC(c1ccc(F)cc1)C(O)c1cc(F)ccc1F. The van der Waals surface area contributed by atoms with Crippen molar-refractivity contribution >= 4 is 0 Å². The summed E-state index contributed by atoms with van der Waals surface area (Å²) in [6.45, 7) is 0.0166. The predicted octanol–water partition coefficient (Wildman–Crippen LogP) is 2.88. The molecule has 0 amide bonds. The number of halogens is 3. The molecule has 0 bridgehead atoms. The van der Waals surface area contributed by atoms with E-state index in [1.807, 2.05) is 0 Å². The first-order valence-electron chi connectivity index (χ1n) is 6.11. The number of aliphatic hydroxyl groups excluding tert-OH is 1. The maximum absolute atomic E-state index is 13.7. The van der Waals surface area contributed by atoms with E-state index in [2.05, 4.69) is 0 Å². The lowest BCUT2D eigenvalue weighted by Crippen LogP contribution is -2.21. The summed E-state index contributed by atoms with van der Waals surface area (Å²) in [6, 6.07) is 8.25. The number of rotatable bonds is 4. The molecular formula is C15H14F3NO. The summed E-state index contributed by atoms with van der Waals surface area (Å²) in [5.74, 6) is -2.42. The topological polar surface area (TPSA) is 46.2 Å². The summed E-state index contributed by atoms with van der Waals surface area (Å²) in [7, 11) is 0. The van der Waals surface area contributed by atoms with Gasteiger partial charge in [0, 0.05) is 18.0 Å². The van der Waals surface area contributed by atoms with E-state index in [0.717, 1.165) is 18.2 Å². The molecule has 0 saturated heterocycles. The quantitative estimate of drug-likeness (QED) is 0.905. The van der Waals surface area contributed by atoms with E-state index < -0.39 is 29.5 Å². The first-order chi connectivity index (χ1) is 9.52. The van der Waals surface area contributed by atoms with Gasteiger partial charge in [-0.25, -0.2) is 13.2 Å². The van der Waals surface area contributed by atoms with Gasteiger partial charge in [-0.15, -0.1) is 0 Å². The second-order valence-electron chi connectivity index (χ2n) is 4.50. The summed E-state index contributed by atoms with van der Waals surface area (Å²) in [4.78, 5) is 0. The van der Waals surface area contributed by atoms with Gasteiger partial charge in [-0.3, -0.25) is 0 Å². The van der Waals surface area contributed by atoms with E-state index >= 15 is 0 Å². The molecule has 2 aromatic carbocycles. The fourth-order valence-electron chi connectivity index (χ4n) is 2.12. The van der Waals surface area contributed by atoms with E-state index in [0.29, 0.717) is 5.56 Å². The number of aliphatic hydroxyl groups is 1. The van der Waals surface area contributed by atoms with Crippen molar-refractivity contribution in [2.24, 2.45) is 5.73 Å². The molecule has 0 saturated carbocycles. The molecule has 0 aliphatic rings. The van der Waals surface area contributed by atoms with Crippen LogP contribution in [0.2, 0.25) is 0 Å². The molecule has 2 rings (SSSR count). The van der Waals surface area contributed by atoms with Gasteiger partial charge in [0.2, 0.25) is 0 Å². The molecule has 0 aliphatic heterocycles. The molecule has 0 spiro atoms. The summed E-state index contributed by atoms with van der Waals surface area (Å²) in [5, 5.41) is 10.2. The van der Waals surface area contributed by atoms with Crippen molar-refractivity contribution in [3.8, 4) is 0 Å². The van der Waals surface area contributed by atoms with Crippen molar-refractivity contribution in [2.75, 3.05) is 6.54 Å². The lowest BCUT2D eigenvalue weighted by Gasteiger charge is -2.22. The number of hydrogen-bond acceptors (Lipinski definition) is 2. The molecule has 2 aromatic rings. The van der Waals surface area contributed by atoms with Gasteiger partial charge in [0.25, 0.3) is 0 Å². The first-order valence-corrected chi connectivity index (χ1v) is 6.11. The molecule has 106 valence electrons. The largest absolute Gasteiger partial charge is 0.388 e. The van der Waals surface area contributed by atoms with E-state index in [4.69, 9.17) is 5.73 Å². The van der Waals surface area contributed by atoms with Crippen molar-refractivity contribution < 1.29 is 18.3 Å². The monoisotopic (exact) mass is 281 g/mol. The summed E-state index contributed by atoms with van der Waals surface area (Å²) >= 11 is 0. The van der Waals surface area contributed by atoms with Gasteiger partial charge in [-0.05, 0) is 35.9 Å². The van der Waals surface area contributed by atoms with Crippen LogP contribution in [0.5, 0.6) is 0 Å². The highest BCUT2D eigenvalue weighted by atomic mass is 19.1. The van der Waals surface area contributed by atoms with Crippen molar-refractivity contribution in [2.45, 2.75) is 12.0 Å². The van der Waals surface area contributed by atoms with Gasteiger partial charge in [0.15, 0.2) is 0 Å². The zero-order valence-electron chi connectivity index (χ0n) is 10.6. The molecule has 0 aliphatic carbocycles. The van der Waals surface area contributed by atoms with Crippen molar-refractivity contribution in [3.63, 3.8) is 0 Å². The Balaban J connectivity index is 2.35. The van der Waals surface area contributed by atoms with Crippen LogP contribution in [-0.4, -0.2) is 11.7 Å². The Hall–Kier alpha value is -1.85. The third-order valence-electron chi connectivity index (χ3n) is 3.21. The minimum Gasteiger partial charge on any atom is -0.388 e. The van der Waals surface area contributed by atoms with Crippen LogP contribution >= 0.6 is 0 Å². The van der Waals surface area contributed by atoms with E-state index in [-0.39, 0.29) is 12.1 Å². The predicted molar refractivity (Wildman–Crippen MR) is 69.5 cm³/mol. The summed E-state index contributed by atoms with van der Waals surface area (Å²) < 4.78 is 39.7. The summed E-state index contributed by atoms with van der Waals surface area (Å²) in [6.07, 6.45) is -1.30. The number of nitrogens with two attached hydrogens (primary N) is 1. The Morgan fingerprint density at radius 3 is 2.15 bits per heavy atom. The van der Waals surface area contributed by atoms with E-state index in [1.54, 1.807) is 0 Å². The molecule has 0 heterocycles. The normalized spacial score (nSPS) is 14.1. The smallest absolute Gasteiger partial charge is 0.129 e. The maximum Gasteiger partial charge on any atom is 0.129 e. The van der Waals surface area contributed by atoms with Gasteiger partial charge in [-0.1, -0.05) is 12.1 Å². The van der Waals surface area contributed by atoms with Gasteiger partial charge in [0.1, 0.15) is 17.5 Å². The van der Waals surface area contributed by atoms with Crippen LogP contribution < -0.4 is 5.73 Å².